The van der Waals surface area contributed by atoms with E-state index in [0.717, 1.165) is 21.7 Å². The van der Waals surface area contributed by atoms with Gasteiger partial charge in [0.1, 0.15) is 0 Å². The van der Waals surface area contributed by atoms with Crippen molar-refractivity contribution < 1.29 is 4.79 Å². The van der Waals surface area contributed by atoms with Gasteiger partial charge < -0.3 is 9.88 Å². The summed E-state index contributed by atoms with van der Waals surface area (Å²) in [7, 11) is 1.92. The number of aryl methyl sites for hydroxylation is 2. The zero-order valence-electron chi connectivity index (χ0n) is 15.9. The second-order valence-corrected chi connectivity index (χ2v) is 7.22. The van der Waals surface area contributed by atoms with Gasteiger partial charge >= 0.3 is 0 Å². The lowest BCUT2D eigenvalue weighted by Crippen LogP contribution is -2.19. The van der Waals surface area contributed by atoms with Crippen LogP contribution in [0.25, 0.3) is 0 Å². The number of hydrogen-bond donors (Lipinski definition) is 1. The summed E-state index contributed by atoms with van der Waals surface area (Å²) < 4.78 is 1.95. The fourth-order valence-electron chi connectivity index (χ4n) is 2.69. The minimum Gasteiger partial charge on any atom is -0.326 e. The van der Waals surface area contributed by atoms with E-state index >= 15 is 0 Å². The molecular formula is C21H21ClN4OS. The molecule has 1 amide bonds. The van der Waals surface area contributed by atoms with Gasteiger partial charge in [0.25, 0.3) is 0 Å². The van der Waals surface area contributed by atoms with E-state index in [1.807, 2.05) is 36.1 Å². The van der Waals surface area contributed by atoms with Crippen LogP contribution in [-0.4, -0.2) is 10.5 Å². The second-order valence-electron chi connectivity index (χ2n) is 6.38. The molecule has 7 heteroatoms. The molecule has 28 heavy (non-hydrogen) atoms. The van der Waals surface area contributed by atoms with Crippen molar-refractivity contribution in [3.05, 3.63) is 75.0 Å². The van der Waals surface area contributed by atoms with Crippen molar-refractivity contribution in [1.29, 1.82) is 5.26 Å². The third-order valence-corrected chi connectivity index (χ3v) is 5.19. The Kier molecular flexibility index (Phi) is 7.16. The SMILES string of the molecule is Cc1ccc(/N=c2/scc(CC(=O)Nc3ccc(C#N)cc3)n2C)c(C)c1.Cl. The van der Waals surface area contributed by atoms with Crippen LogP contribution in [-0.2, 0) is 18.3 Å². The normalized spacial score (nSPS) is 10.9. The van der Waals surface area contributed by atoms with E-state index in [1.165, 1.54) is 16.9 Å². The molecule has 0 fully saturated rings. The van der Waals surface area contributed by atoms with Crippen molar-refractivity contribution in [2.24, 2.45) is 12.0 Å². The van der Waals surface area contributed by atoms with Crippen LogP contribution in [0.5, 0.6) is 0 Å². The van der Waals surface area contributed by atoms with E-state index in [9.17, 15) is 4.79 Å². The number of nitrogens with one attached hydrogen (secondary N) is 1. The number of hydrogen-bond acceptors (Lipinski definition) is 4. The van der Waals surface area contributed by atoms with Crippen molar-refractivity contribution in [2.75, 3.05) is 5.32 Å². The molecule has 0 spiro atoms. The van der Waals surface area contributed by atoms with Crippen molar-refractivity contribution in [3.63, 3.8) is 0 Å². The Morgan fingerprint density at radius 1 is 1.21 bits per heavy atom. The van der Waals surface area contributed by atoms with E-state index in [2.05, 4.69) is 24.4 Å². The number of aromatic nitrogens is 1. The van der Waals surface area contributed by atoms with Crippen molar-refractivity contribution in [1.82, 2.24) is 4.57 Å². The quantitative estimate of drug-likeness (QED) is 0.689. The first-order chi connectivity index (χ1) is 13.0. The van der Waals surface area contributed by atoms with Gasteiger partial charge in [-0.15, -0.1) is 23.7 Å². The highest BCUT2D eigenvalue weighted by Crippen LogP contribution is 2.19. The molecule has 0 aliphatic carbocycles. The zero-order valence-corrected chi connectivity index (χ0v) is 17.5. The molecule has 0 atom stereocenters. The largest absolute Gasteiger partial charge is 0.326 e. The molecule has 0 radical (unpaired) electrons. The maximum absolute atomic E-state index is 12.3. The van der Waals surface area contributed by atoms with Crippen molar-refractivity contribution in [2.45, 2.75) is 20.3 Å². The average molecular weight is 413 g/mol. The number of carbonyl (C=O) groups excluding carboxylic acids is 1. The minimum absolute atomic E-state index is 0. The molecule has 0 unspecified atom stereocenters. The summed E-state index contributed by atoms with van der Waals surface area (Å²) in [4.78, 5) is 17.9. The Morgan fingerprint density at radius 2 is 1.93 bits per heavy atom. The highest BCUT2D eigenvalue weighted by molar-refractivity contribution is 7.07. The van der Waals surface area contributed by atoms with E-state index < -0.39 is 0 Å². The third-order valence-electron chi connectivity index (χ3n) is 4.23. The van der Waals surface area contributed by atoms with Gasteiger partial charge in [0.05, 0.1) is 23.7 Å². The Bertz CT molecular complexity index is 1090. The molecule has 0 bridgehead atoms. The molecule has 0 aliphatic rings. The first kappa shape index (κ1) is 21.4. The fourth-order valence-corrected chi connectivity index (χ4v) is 3.60. The molecular weight excluding hydrogens is 392 g/mol. The molecule has 0 aliphatic heterocycles. The minimum atomic E-state index is -0.105. The summed E-state index contributed by atoms with van der Waals surface area (Å²) in [6.45, 7) is 4.11. The first-order valence-electron chi connectivity index (χ1n) is 8.51. The Hall–Kier alpha value is -2.88. The maximum Gasteiger partial charge on any atom is 0.230 e. The van der Waals surface area contributed by atoms with Crippen molar-refractivity contribution >= 4 is 41.0 Å². The molecule has 5 nitrogen and oxygen atoms in total. The van der Waals surface area contributed by atoms with Gasteiger partial charge in [-0.05, 0) is 49.7 Å². The molecule has 3 aromatic rings. The molecule has 1 heterocycles. The standard InChI is InChI=1S/C21H20N4OS.ClH/c1-14-4-9-19(15(2)10-14)24-21-25(3)18(13-27-21)11-20(26)23-17-7-5-16(12-22)6-8-17;/h4-10,13H,11H2,1-3H3,(H,23,26);1H/b24-21+;. The van der Waals surface area contributed by atoms with Crippen LogP contribution in [0.4, 0.5) is 11.4 Å². The number of carbonyl (C=O) groups is 1. The topological polar surface area (TPSA) is 70.2 Å². The second kappa shape index (κ2) is 9.36. The van der Waals surface area contributed by atoms with Gasteiger partial charge in [0.15, 0.2) is 4.80 Å². The molecule has 1 N–H and O–H groups in total. The highest BCUT2D eigenvalue weighted by atomic mass is 35.5. The van der Waals surface area contributed by atoms with E-state index in [-0.39, 0.29) is 24.7 Å². The van der Waals surface area contributed by atoms with Crippen LogP contribution in [0.15, 0.2) is 52.8 Å². The Labute approximate surface area is 174 Å². The number of benzene rings is 2. The van der Waals surface area contributed by atoms with Crippen LogP contribution >= 0.6 is 23.7 Å². The van der Waals surface area contributed by atoms with E-state index in [4.69, 9.17) is 10.3 Å². The highest BCUT2D eigenvalue weighted by Gasteiger charge is 2.09. The van der Waals surface area contributed by atoms with Crippen LogP contribution in [0.1, 0.15) is 22.4 Å². The van der Waals surface area contributed by atoms with Crippen molar-refractivity contribution in [3.8, 4) is 6.07 Å². The summed E-state index contributed by atoms with van der Waals surface area (Å²) >= 11 is 1.52. The van der Waals surface area contributed by atoms with Gasteiger partial charge in [0.2, 0.25) is 5.91 Å². The lowest BCUT2D eigenvalue weighted by Gasteiger charge is -2.06. The number of amides is 1. The summed E-state index contributed by atoms with van der Waals surface area (Å²) in [6.07, 6.45) is 0.259. The van der Waals surface area contributed by atoms with Crippen LogP contribution in [0.3, 0.4) is 0 Å². The molecule has 2 aromatic carbocycles. The molecule has 144 valence electrons. The molecule has 1 aromatic heterocycles. The Morgan fingerprint density at radius 3 is 2.57 bits per heavy atom. The number of halogens is 1. The van der Waals surface area contributed by atoms with Crippen LogP contribution in [0.2, 0.25) is 0 Å². The number of nitriles is 1. The lowest BCUT2D eigenvalue weighted by molar-refractivity contribution is -0.115. The summed E-state index contributed by atoms with van der Waals surface area (Å²) in [5.41, 5.74) is 5.42. The van der Waals surface area contributed by atoms with Gasteiger partial charge in [-0.25, -0.2) is 4.99 Å². The Balaban J connectivity index is 0.00000280. The molecule has 0 saturated heterocycles. The fraction of sp³-hybridized carbons (Fsp3) is 0.190. The van der Waals surface area contributed by atoms with E-state index in [0.29, 0.717) is 11.3 Å². The lowest BCUT2D eigenvalue weighted by atomic mass is 10.1. The molecule has 0 saturated carbocycles. The monoisotopic (exact) mass is 412 g/mol. The van der Waals surface area contributed by atoms with Gasteiger partial charge in [-0.2, -0.15) is 5.26 Å². The van der Waals surface area contributed by atoms with Gasteiger partial charge in [-0.3, -0.25) is 4.79 Å². The number of thiazole rings is 1. The predicted molar refractivity (Wildman–Crippen MR) is 115 cm³/mol. The van der Waals surface area contributed by atoms with Crippen LogP contribution < -0.4 is 10.1 Å². The average Bonchev–Trinajstić information content (AvgIpc) is 2.98. The number of anilines is 1. The first-order valence-corrected chi connectivity index (χ1v) is 9.39. The van der Waals surface area contributed by atoms with Crippen LogP contribution in [0, 0.1) is 25.2 Å². The maximum atomic E-state index is 12.3. The smallest absolute Gasteiger partial charge is 0.230 e. The summed E-state index contributed by atoms with van der Waals surface area (Å²) in [5, 5.41) is 13.6. The summed E-state index contributed by atoms with van der Waals surface area (Å²) in [5.74, 6) is -0.105. The summed E-state index contributed by atoms with van der Waals surface area (Å²) in [6, 6.07) is 15.0. The number of nitrogens with zero attached hydrogens (tertiary/aromatic N) is 3. The predicted octanol–water partition coefficient (Wildman–Crippen LogP) is 4.41. The number of rotatable bonds is 4. The zero-order chi connectivity index (χ0) is 19.4. The third kappa shape index (κ3) is 5.10. The van der Waals surface area contributed by atoms with Gasteiger partial charge in [0, 0.05) is 23.8 Å². The molecule has 3 rings (SSSR count). The van der Waals surface area contributed by atoms with Gasteiger partial charge in [-0.1, -0.05) is 17.7 Å². The van der Waals surface area contributed by atoms with E-state index in [1.54, 1.807) is 24.3 Å².